The lowest BCUT2D eigenvalue weighted by atomic mass is 9.95. The van der Waals surface area contributed by atoms with E-state index >= 15 is 0 Å². The van der Waals surface area contributed by atoms with E-state index in [0.717, 1.165) is 16.8 Å². The summed E-state index contributed by atoms with van der Waals surface area (Å²) in [4.78, 5) is 27.1. The second kappa shape index (κ2) is 9.55. The molecule has 2 aromatic carbocycles. The molecule has 1 aliphatic rings. The Bertz CT molecular complexity index is 1070. The Kier molecular flexibility index (Phi) is 6.40. The summed E-state index contributed by atoms with van der Waals surface area (Å²) in [5.41, 5.74) is 2.55. The van der Waals surface area contributed by atoms with Crippen molar-refractivity contribution in [1.82, 2.24) is 15.1 Å². The molecule has 0 atom stereocenters. The van der Waals surface area contributed by atoms with Crippen molar-refractivity contribution >= 4 is 11.6 Å². The van der Waals surface area contributed by atoms with E-state index < -0.39 is 0 Å². The summed E-state index contributed by atoms with van der Waals surface area (Å²) in [6.45, 7) is 2.22. The van der Waals surface area contributed by atoms with Crippen LogP contribution in [0.4, 0.5) is 10.1 Å². The standard InChI is InChI=1S/C24H25FN4O2/c25-21-8-6-18(7-9-21)15-26-24(31)20-10-12-28(13-11-20)22-14-23(30)29(27-16-22)17-19-4-2-1-3-5-19/h1-9,14,16,20H,10-13,15,17H2,(H,26,31). The van der Waals surface area contributed by atoms with Gasteiger partial charge in [0.2, 0.25) is 5.91 Å². The maximum atomic E-state index is 13.0. The number of carbonyl (C=O) groups is 1. The van der Waals surface area contributed by atoms with Crippen molar-refractivity contribution < 1.29 is 9.18 Å². The highest BCUT2D eigenvalue weighted by Crippen LogP contribution is 2.22. The van der Waals surface area contributed by atoms with Crippen molar-refractivity contribution in [3.63, 3.8) is 0 Å². The number of hydrogen-bond donors (Lipinski definition) is 1. The molecule has 1 amide bonds. The summed E-state index contributed by atoms with van der Waals surface area (Å²) >= 11 is 0. The van der Waals surface area contributed by atoms with E-state index in [0.29, 0.717) is 39.0 Å². The average molecular weight is 420 g/mol. The number of benzene rings is 2. The van der Waals surface area contributed by atoms with Gasteiger partial charge in [0.05, 0.1) is 18.4 Å². The number of hydrogen-bond acceptors (Lipinski definition) is 4. The van der Waals surface area contributed by atoms with Crippen LogP contribution >= 0.6 is 0 Å². The van der Waals surface area contributed by atoms with Crippen molar-refractivity contribution in [3.05, 3.63) is 94.2 Å². The molecule has 3 aromatic rings. The average Bonchev–Trinajstić information content (AvgIpc) is 2.80. The van der Waals surface area contributed by atoms with Crippen LogP contribution in [0.1, 0.15) is 24.0 Å². The number of nitrogens with zero attached hydrogens (tertiary/aromatic N) is 3. The second-order valence-electron chi connectivity index (χ2n) is 7.80. The highest BCUT2D eigenvalue weighted by Gasteiger charge is 2.25. The van der Waals surface area contributed by atoms with Gasteiger partial charge >= 0.3 is 0 Å². The van der Waals surface area contributed by atoms with E-state index in [2.05, 4.69) is 15.3 Å². The highest BCUT2D eigenvalue weighted by molar-refractivity contribution is 5.79. The second-order valence-corrected chi connectivity index (χ2v) is 7.80. The van der Waals surface area contributed by atoms with Gasteiger partial charge in [-0.25, -0.2) is 9.07 Å². The van der Waals surface area contributed by atoms with Gasteiger partial charge in [0.25, 0.3) is 5.56 Å². The summed E-state index contributed by atoms with van der Waals surface area (Å²) in [7, 11) is 0. The van der Waals surface area contributed by atoms with Crippen molar-refractivity contribution in [2.45, 2.75) is 25.9 Å². The van der Waals surface area contributed by atoms with Crippen LogP contribution in [0.25, 0.3) is 0 Å². The molecule has 0 aliphatic carbocycles. The fourth-order valence-electron chi connectivity index (χ4n) is 3.81. The fourth-order valence-corrected chi connectivity index (χ4v) is 3.81. The zero-order valence-electron chi connectivity index (χ0n) is 17.2. The molecule has 6 nitrogen and oxygen atoms in total. The first-order valence-electron chi connectivity index (χ1n) is 10.5. The largest absolute Gasteiger partial charge is 0.370 e. The smallest absolute Gasteiger partial charge is 0.269 e. The molecule has 0 unspecified atom stereocenters. The van der Waals surface area contributed by atoms with Crippen molar-refractivity contribution in [1.29, 1.82) is 0 Å². The van der Waals surface area contributed by atoms with Crippen LogP contribution in [0.3, 0.4) is 0 Å². The minimum Gasteiger partial charge on any atom is -0.370 e. The maximum absolute atomic E-state index is 13.0. The summed E-state index contributed by atoms with van der Waals surface area (Å²) in [6.07, 6.45) is 3.14. The third-order valence-electron chi connectivity index (χ3n) is 5.64. The van der Waals surface area contributed by atoms with Gasteiger partial charge in [-0.2, -0.15) is 5.10 Å². The number of anilines is 1. The molecule has 1 N–H and O–H groups in total. The Labute approximate surface area is 180 Å². The zero-order chi connectivity index (χ0) is 21.6. The topological polar surface area (TPSA) is 67.2 Å². The molecule has 1 fully saturated rings. The molecule has 0 saturated carbocycles. The molecule has 7 heteroatoms. The quantitative estimate of drug-likeness (QED) is 0.666. The van der Waals surface area contributed by atoms with Crippen LogP contribution in [-0.4, -0.2) is 28.8 Å². The lowest BCUT2D eigenvalue weighted by Crippen LogP contribution is -2.41. The molecule has 4 rings (SSSR count). The van der Waals surface area contributed by atoms with Crippen molar-refractivity contribution in [2.75, 3.05) is 18.0 Å². The lowest BCUT2D eigenvalue weighted by Gasteiger charge is -2.32. The molecular weight excluding hydrogens is 395 g/mol. The van der Waals surface area contributed by atoms with E-state index in [4.69, 9.17) is 0 Å². The van der Waals surface area contributed by atoms with E-state index in [1.165, 1.54) is 16.8 Å². The third kappa shape index (κ3) is 5.36. The SMILES string of the molecule is O=C(NCc1ccc(F)cc1)C1CCN(c2cnn(Cc3ccccc3)c(=O)c2)CC1. The van der Waals surface area contributed by atoms with E-state index in [9.17, 15) is 14.0 Å². The van der Waals surface area contributed by atoms with Crippen LogP contribution < -0.4 is 15.8 Å². The molecule has 31 heavy (non-hydrogen) atoms. The van der Waals surface area contributed by atoms with E-state index in [-0.39, 0.29) is 23.2 Å². The highest BCUT2D eigenvalue weighted by atomic mass is 19.1. The Balaban J connectivity index is 1.30. The normalized spacial score (nSPS) is 14.4. The van der Waals surface area contributed by atoms with Gasteiger partial charge in [-0.15, -0.1) is 0 Å². The number of carbonyl (C=O) groups excluding carboxylic acids is 1. The number of rotatable bonds is 6. The van der Waals surface area contributed by atoms with Crippen LogP contribution in [0, 0.1) is 11.7 Å². The monoisotopic (exact) mass is 420 g/mol. The fraction of sp³-hybridized carbons (Fsp3) is 0.292. The van der Waals surface area contributed by atoms with Gasteiger partial charge in [0, 0.05) is 31.6 Å². The molecule has 1 saturated heterocycles. The lowest BCUT2D eigenvalue weighted by molar-refractivity contribution is -0.125. The number of halogens is 1. The predicted octanol–water partition coefficient (Wildman–Crippen LogP) is 2.96. The van der Waals surface area contributed by atoms with Gasteiger partial charge in [0.15, 0.2) is 0 Å². The van der Waals surface area contributed by atoms with Crippen LogP contribution in [-0.2, 0) is 17.9 Å². The minimum absolute atomic E-state index is 0.0142. The number of aromatic nitrogens is 2. The van der Waals surface area contributed by atoms with E-state index in [1.54, 1.807) is 24.4 Å². The molecule has 0 bridgehead atoms. The van der Waals surface area contributed by atoms with Crippen LogP contribution in [0.5, 0.6) is 0 Å². The Morgan fingerprint density at radius 3 is 2.42 bits per heavy atom. The molecule has 1 aromatic heterocycles. The summed E-state index contributed by atoms with van der Waals surface area (Å²) in [5.74, 6) is -0.340. The van der Waals surface area contributed by atoms with Gasteiger partial charge in [-0.05, 0) is 36.1 Å². The maximum Gasteiger partial charge on any atom is 0.269 e. The Morgan fingerprint density at radius 2 is 1.74 bits per heavy atom. The molecule has 0 radical (unpaired) electrons. The zero-order valence-corrected chi connectivity index (χ0v) is 17.2. The first-order chi connectivity index (χ1) is 15.1. The van der Waals surface area contributed by atoms with Gasteiger partial charge in [-0.3, -0.25) is 9.59 Å². The number of piperidine rings is 1. The first-order valence-corrected chi connectivity index (χ1v) is 10.5. The Morgan fingerprint density at radius 1 is 1.03 bits per heavy atom. The van der Waals surface area contributed by atoms with Crippen LogP contribution in [0.15, 0.2) is 71.7 Å². The van der Waals surface area contributed by atoms with E-state index in [1.807, 2.05) is 30.3 Å². The summed E-state index contributed by atoms with van der Waals surface area (Å²) in [6, 6.07) is 17.5. The molecule has 1 aliphatic heterocycles. The molecule has 2 heterocycles. The molecule has 0 spiro atoms. The van der Waals surface area contributed by atoms with Gasteiger partial charge < -0.3 is 10.2 Å². The molecular formula is C24H25FN4O2. The van der Waals surface area contributed by atoms with Gasteiger partial charge in [-0.1, -0.05) is 42.5 Å². The van der Waals surface area contributed by atoms with Crippen molar-refractivity contribution in [3.8, 4) is 0 Å². The van der Waals surface area contributed by atoms with Crippen molar-refractivity contribution in [2.24, 2.45) is 5.92 Å². The number of nitrogens with one attached hydrogen (secondary N) is 1. The Hall–Kier alpha value is -3.48. The number of amides is 1. The first kappa shape index (κ1) is 20.8. The third-order valence-corrected chi connectivity index (χ3v) is 5.64. The minimum atomic E-state index is -0.287. The van der Waals surface area contributed by atoms with Gasteiger partial charge in [0.1, 0.15) is 5.82 Å². The summed E-state index contributed by atoms with van der Waals surface area (Å²) < 4.78 is 14.4. The van der Waals surface area contributed by atoms with Crippen LogP contribution in [0.2, 0.25) is 0 Å². The molecule has 160 valence electrons. The summed E-state index contributed by atoms with van der Waals surface area (Å²) in [5, 5.41) is 7.27. The predicted molar refractivity (Wildman–Crippen MR) is 117 cm³/mol.